The van der Waals surface area contributed by atoms with Gasteiger partial charge < -0.3 is 0 Å². The molecule has 12 aromatic rings. The van der Waals surface area contributed by atoms with Crippen LogP contribution < -0.4 is 0 Å². The second-order valence-electron chi connectivity index (χ2n) is 19.6. The molecule has 0 atom stereocenters. The number of aliphatic imine (C=N–C) groups is 6. The summed E-state index contributed by atoms with van der Waals surface area (Å²) in [7, 11) is 0. The van der Waals surface area contributed by atoms with Crippen LogP contribution in [0.15, 0.2) is 322 Å². The summed E-state index contributed by atoms with van der Waals surface area (Å²) >= 11 is 0. The fraction of sp³-hybridized carbons (Fsp3) is 0.0400. The first-order chi connectivity index (χ1) is 43.0. The molecule has 0 fully saturated rings. The molecule has 0 saturated carbocycles. The van der Waals surface area contributed by atoms with Crippen molar-refractivity contribution in [3.63, 3.8) is 0 Å². The number of hydrogen-bond donors (Lipinski definition) is 0. The molecule has 0 bridgehead atoms. The van der Waals surface area contributed by atoms with Crippen LogP contribution in [0.1, 0.15) is 67.5 Å². The Labute approximate surface area is 540 Å². The van der Waals surface area contributed by atoms with Gasteiger partial charge in [0.05, 0.1) is 106 Å². The van der Waals surface area contributed by atoms with Crippen LogP contribution in [0.3, 0.4) is 0 Å². The number of nitrogens with zero attached hydrogens (tertiary/aromatic N) is 12. The van der Waals surface area contributed by atoms with Gasteiger partial charge in [-0.2, -0.15) is 0 Å². The first-order valence-corrected chi connectivity index (χ1v) is 28.3. The smallest absolute Gasteiger partial charge is 0.255 e. The molecule has 0 aliphatic carbocycles. The van der Waals surface area contributed by atoms with Crippen molar-refractivity contribution in [2.75, 3.05) is 0 Å². The third kappa shape index (κ3) is 22.6. The van der Waals surface area contributed by atoms with Crippen molar-refractivity contribution in [3.05, 3.63) is 360 Å². The van der Waals surface area contributed by atoms with E-state index in [4.69, 9.17) is 0 Å². The van der Waals surface area contributed by atoms with Gasteiger partial charge in [-0.25, -0.2) is 0 Å². The van der Waals surface area contributed by atoms with E-state index in [2.05, 4.69) is 133 Å². The number of rotatable bonds is 18. The second-order valence-corrected chi connectivity index (χ2v) is 19.6. The molecule has 12 nitrogen and oxygen atoms in total. The molecule has 0 radical (unpaired) electrons. The van der Waals surface area contributed by atoms with Gasteiger partial charge >= 0.3 is 34.1 Å². The van der Waals surface area contributed by atoms with Crippen LogP contribution in [0, 0.1) is 0 Å². The van der Waals surface area contributed by atoms with Crippen molar-refractivity contribution < 1.29 is 34.1 Å². The van der Waals surface area contributed by atoms with Gasteiger partial charge in [-0.05, 0) is 198 Å². The molecule has 6 aromatic heterocycles. The van der Waals surface area contributed by atoms with E-state index in [0.29, 0.717) is 0 Å². The zero-order chi connectivity index (χ0) is 59.2. The van der Waals surface area contributed by atoms with Gasteiger partial charge in [-0.1, -0.05) is 109 Å². The normalized spacial score (nSPS) is 11.1. The van der Waals surface area contributed by atoms with E-state index in [1.165, 1.54) is 33.4 Å². The van der Waals surface area contributed by atoms with Gasteiger partial charge in [-0.15, -0.1) is 0 Å². The van der Waals surface area contributed by atoms with Gasteiger partial charge in [-0.3, -0.25) is 59.9 Å². The SMILES string of the molecule is C(=Nc1ccc(Cc2ccc(N=Cc3ccccn3)cc2)cc1)c1ccccn1.C(=Nc1ccc(Cc2ccc(N=Cc3ccccn3)cc2)cc1)c1ccccn1.C(=Nc1ccc(Cc2ccc(N=Cc3ccccn3)cc2)cc1)c1ccccn1.[Fe+2].[Fe+2]. The van der Waals surface area contributed by atoms with Crippen molar-refractivity contribution in [1.82, 2.24) is 29.9 Å². The van der Waals surface area contributed by atoms with E-state index in [-0.39, 0.29) is 34.1 Å². The molecule has 0 unspecified atom stereocenters. The first-order valence-electron chi connectivity index (χ1n) is 28.3. The minimum Gasteiger partial charge on any atom is -0.255 e. The molecule has 0 amide bonds. The van der Waals surface area contributed by atoms with E-state index in [0.717, 1.165) is 87.6 Å². The maximum Gasteiger partial charge on any atom is 2.00 e. The van der Waals surface area contributed by atoms with Gasteiger partial charge in [0.25, 0.3) is 0 Å². The third-order valence-electron chi connectivity index (χ3n) is 13.0. The molecule has 432 valence electrons. The summed E-state index contributed by atoms with van der Waals surface area (Å²) in [6.07, 6.45) is 23.9. The Kier molecular flexibility index (Phi) is 25.8. The van der Waals surface area contributed by atoms with Gasteiger partial charge in [0.2, 0.25) is 0 Å². The fourth-order valence-electron chi connectivity index (χ4n) is 8.46. The van der Waals surface area contributed by atoms with Crippen molar-refractivity contribution in [1.29, 1.82) is 0 Å². The summed E-state index contributed by atoms with van der Waals surface area (Å²) in [6.45, 7) is 0. The maximum absolute atomic E-state index is 4.47. The van der Waals surface area contributed by atoms with E-state index in [1.54, 1.807) is 74.5 Å². The molecule has 0 saturated heterocycles. The third-order valence-corrected chi connectivity index (χ3v) is 13.0. The van der Waals surface area contributed by atoms with Crippen LogP contribution >= 0.6 is 0 Å². The molecule has 6 heterocycles. The van der Waals surface area contributed by atoms with Gasteiger partial charge in [0.1, 0.15) is 0 Å². The van der Waals surface area contributed by atoms with Gasteiger partial charge in [0.15, 0.2) is 0 Å². The molecule has 6 aromatic carbocycles. The maximum atomic E-state index is 4.47. The predicted octanol–water partition coefficient (Wildman–Crippen LogP) is 16.7. The summed E-state index contributed by atoms with van der Waals surface area (Å²) in [5, 5.41) is 0. The van der Waals surface area contributed by atoms with Crippen molar-refractivity contribution >= 4 is 71.4 Å². The predicted molar refractivity (Wildman–Crippen MR) is 356 cm³/mol. The van der Waals surface area contributed by atoms with Crippen LogP contribution in [-0.2, 0) is 53.4 Å². The zero-order valence-corrected chi connectivity index (χ0v) is 50.6. The average Bonchev–Trinajstić information content (AvgIpc) is 3.79. The standard InChI is InChI=1S/3C25H20N4.2Fe/c3*1-3-15-26-24(5-1)18-28-22-11-7-20(8-12-22)17-21-9-13-23(14-10-21)29-19-25-6-2-4-16-27-25;;/h3*1-16,18-19H,17H2;;/q;;;2*+2. The Morgan fingerprint density at radius 3 is 0.461 bits per heavy atom. The molecule has 14 heteroatoms. The van der Waals surface area contributed by atoms with Crippen molar-refractivity contribution in [3.8, 4) is 0 Å². The molecule has 0 aliphatic rings. The largest absolute Gasteiger partial charge is 2.00 e. The minimum absolute atomic E-state index is 0. The first kappa shape index (κ1) is 64.3. The summed E-state index contributed by atoms with van der Waals surface area (Å²) in [4.78, 5) is 52.3. The number of pyridine rings is 6. The average molecular weight is 1240 g/mol. The van der Waals surface area contributed by atoms with E-state index < -0.39 is 0 Å². The summed E-state index contributed by atoms with van der Waals surface area (Å²) in [6, 6.07) is 84.3. The monoisotopic (exact) mass is 1240 g/mol. The topological polar surface area (TPSA) is 152 Å². The van der Waals surface area contributed by atoms with Crippen molar-refractivity contribution in [2.45, 2.75) is 19.3 Å². The van der Waals surface area contributed by atoms with Crippen LogP contribution in [0.5, 0.6) is 0 Å². The Morgan fingerprint density at radius 1 is 0.191 bits per heavy atom. The van der Waals surface area contributed by atoms with Crippen LogP contribution in [0.2, 0.25) is 0 Å². The van der Waals surface area contributed by atoms with Gasteiger partial charge in [0, 0.05) is 37.2 Å². The van der Waals surface area contributed by atoms with E-state index >= 15 is 0 Å². The molecule has 0 aliphatic heterocycles. The Bertz CT molecular complexity index is 3430. The number of aromatic nitrogens is 6. The molecular formula is C75H60Fe2N12+4. The quantitative estimate of drug-likeness (QED) is 0.0616. The summed E-state index contributed by atoms with van der Waals surface area (Å²) in [5.41, 5.74) is 18.0. The molecule has 0 spiro atoms. The minimum atomic E-state index is 0. The van der Waals surface area contributed by atoms with Crippen LogP contribution in [0.4, 0.5) is 34.1 Å². The molecule has 89 heavy (non-hydrogen) atoms. The Morgan fingerprint density at radius 2 is 0.337 bits per heavy atom. The van der Waals surface area contributed by atoms with E-state index in [1.807, 2.05) is 182 Å². The summed E-state index contributed by atoms with van der Waals surface area (Å²) in [5.74, 6) is 0. The Balaban J connectivity index is 0.000000171. The molecular weight excluding hydrogens is 1180 g/mol. The molecule has 12 rings (SSSR count). The van der Waals surface area contributed by atoms with Crippen molar-refractivity contribution in [2.24, 2.45) is 30.0 Å². The fourth-order valence-corrected chi connectivity index (χ4v) is 8.46. The van der Waals surface area contributed by atoms with E-state index in [9.17, 15) is 0 Å². The van der Waals surface area contributed by atoms with Crippen LogP contribution in [0.25, 0.3) is 0 Å². The zero-order valence-electron chi connectivity index (χ0n) is 48.4. The number of hydrogen-bond acceptors (Lipinski definition) is 12. The Hall–Kier alpha value is -10.7. The van der Waals surface area contributed by atoms with Crippen LogP contribution in [-0.4, -0.2) is 67.2 Å². The number of benzene rings is 6. The second kappa shape index (κ2) is 35.7. The molecule has 0 N–H and O–H groups in total. The summed E-state index contributed by atoms with van der Waals surface area (Å²) < 4.78 is 0.